The normalized spacial score (nSPS) is 20.4. The predicted molar refractivity (Wildman–Crippen MR) is 104 cm³/mol. The number of likely N-dealkylation sites (tertiary alicyclic amines) is 1. The number of piperidine rings is 1. The number of rotatable bonds is 4. The molecule has 6 heteroatoms. The second-order valence-corrected chi connectivity index (χ2v) is 7.79. The average molecular weight is 382 g/mol. The van der Waals surface area contributed by atoms with E-state index in [0.717, 1.165) is 24.2 Å². The van der Waals surface area contributed by atoms with Gasteiger partial charge in [0.05, 0.1) is 17.8 Å². The van der Waals surface area contributed by atoms with Gasteiger partial charge in [-0.1, -0.05) is 30.3 Å². The molecule has 2 aliphatic heterocycles. The molecule has 2 aromatic rings. The van der Waals surface area contributed by atoms with Crippen LogP contribution in [-0.4, -0.2) is 60.5 Å². The van der Waals surface area contributed by atoms with Gasteiger partial charge in [0, 0.05) is 33.1 Å². The van der Waals surface area contributed by atoms with E-state index in [1.54, 1.807) is 11.2 Å². The van der Waals surface area contributed by atoms with Crippen molar-refractivity contribution in [2.24, 2.45) is 0 Å². The molecule has 6 nitrogen and oxygen atoms in total. The number of carbonyl (C=O) groups is 2. The van der Waals surface area contributed by atoms with Crippen molar-refractivity contribution in [1.29, 1.82) is 0 Å². The van der Waals surface area contributed by atoms with E-state index in [4.69, 9.17) is 9.15 Å². The number of morpholine rings is 1. The molecular weight excluding hydrogens is 356 g/mol. The number of benzene rings is 1. The van der Waals surface area contributed by atoms with E-state index in [9.17, 15) is 9.59 Å². The summed E-state index contributed by atoms with van der Waals surface area (Å²) in [6, 6.07) is 13.8. The zero-order valence-electron chi connectivity index (χ0n) is 16.2. The van der Waals surface area contributed by atoms with Gasteiger partial charge in [-0.15, -0.1) is 0 Å². The topological polar surface area (TPSA) is 63.0 Å². The number of furan rings is 1. The number of carbonyl (C=O) groups excluding carboxylic acids is 2. The van der Waals surface area contributed by atoms with Crippen LogP contribution in [0.2, 0.25) is 0 Å². The zero-order valence-corrected chi connectivity index (χ0v) is 16.2. The highest BCUT2D eigenvalue weighted by Crippen LogP contribution is 2.33. The van der Waals surface area contributed by atoms with Crippen LogP contribution in [0.1, 0.15) is 36.5 Å². The van der Waals surface area contributed by atoms with Crippen molar-refractivity contribution in [1.82, 2.24) is 9.80 Å². The van der Waals surface area contributed by atoms with Crippen molar-refractivity contribution in [3.05, 3.63) is 60.1 Å². The van der Waals surface area contributed by atoms with Gasteiger partial charge in [0.15, 0.2) is 0 Å². The molecule has 148 valence electrons. The van der Waals surface area contributed by atoms with E-state index in [-0.39, 0.29) is 29.9 Å². The molecule has 1 aromatic heterocycles. The maximum Gasteiger partial charge on any atom is 0.248 e. The van der Waals surface area contributed by atoms with Crippen LogP contribution in [0.3, 0.4) is 0 Å². The Hall–Kier alpha value is -2.60. The standard InChI is InChI=1S/C22H26N2O4/c1-23-16-22(28-15-21(23)26)9-11-24(12-10-22)20(25)14-18(19-8-5-13-27-19)17-6-3-2-4-7-17/h2-8,13,18H,9-12,14-16H2,1H3. The summed E-state index contributed by atoms with van der Waals surface area (Å²) in [6.07, 6.45) is 3.54. The second-order valence-electron chi connectivity index (χ2n) is 7.79. The molecular formula is C22H26N2O4. The van der Waals surface area contributed by atoms with Crippen LogP contribution in [0.5, 0.6) is 0 Å². The average Bonchev–Trinajstić information content (AvgIpc) is 3.25. The van der Waals surface area contributed by atoms with Crippen LogP contribution in [0, 0.1) is 0 Å². The smallest absolute Gasteiger partial charge is 0.248 e. The largest absolute Gasteiger partial charge is 0.469 e. The summed E-state index contributed by atoms with van der Waals surface area (Å²) in [7, 11) is 1.82. The fourth-order valence-electron chi connectivity index (χ4n) is 4.22. The van der Waals surface area contributed by atoms with Crippen molar-refractivity contribution in [2.75, 3.05) is 33.3 Å². The Morgan fingerprint density at radius 2 is 1.89 bits per heavy atom. The molecule has 28 heavy (non-hydrogen) atoms. The van der Waals surface area contributed by atoms with Gasteiger partial charge in [-0.25, -0.2) is 0 Å². The van der Waals surface area contributed by atoms with Gasteiger partial charge in [0.25, 0.3) is 0 Å². The molecule has 1 aromatic carbocycles. The van der Waals surface area contributed by atoms with Crippen LogP contribution < -0.4 is 0 Å². The van der Waals surface area contributed by atoms with Gasteiger partial charge >= 0.3 is 0 Å². The maximum absolute atomic E-state index is 13.0. The van der Waals surface area contributed by atoms with Crippen molar-refractivity contribution >= 4 is 11.8 Å². The third kappa shape index (κ3) is 3.83. The van der Waals surface area contributed by atoms with E-state index in [2.05, 4.69) is 0 Å². The number of hydrogen-bond donors (Lipinski definition) is 0. The van der Waals surface area contributed by atoms with Crippen LogP contribution in [-0.2, 0) is 14.3 Å². The first kappa shape index (κ1) is 18.7. The number of likely N-dealkylation sites (N-methyl/N-ethyl adjacent to an activating group) is 1. The summed E-state index contributed by atoms with van der Waals surface area (Å²) in [6.45, 7) is 2.05. The van der Waals surface area contributed by atoms with Gasteiger partial charge in [-0.2, -0.15) is 0 Å². The van der Waals surface area contributed by atoms with Crippen LogP contribution in [0.25, 0.3) is 0 Å². The molecule has 2 aliphatic rings. The lowest BCUT2D eigenvalue weighted by molar-refractivity contribution is -0.170. The number of amides is 2. The summed E-state index contributed by atoms with van der Waals surface area (Å²) >= 11 is 0. The van der Waals surface area contributed by atoms with Crippen LogP contribution >= 0.6 is 0 Å². The molecule has 2 amide bonds. The summed E-state index contributed by atoms with van der Waals surface area (Å²) in [5.41, 5.74) is 0.772. The summed E-state index contributed by atoms with van der Waals surface area (Å²) in [5, 5.41) is 0. The first-order valence-corrected chi connectivity index (χ1v) is 9.80. The molecule has 2 fully saturated rings. The fraction of sp³-hybridized carbons (Fsp3) is 0.455. The predicted octanol–water partition coefficient (Wildman–Crippen LogP) is 2.65. The van der Waals surface area contributed by atoms with E-state index < -0.39 is 0 Å². The van der Waals surface area contributed by atoms with Crippen LogP contribution in [0.15, 0.2) is 53.1 Å². The lowest BCUT2D eigenvalue weighted by atomic mass is 9.88. The first-order valence-electron chi connectivity index (χ1n) is 9.80. The number of nitrogens with zero attached hydrogens (tertiary/aromatic N) is 2. The molecule has 1 spiro atoms. The molecule has 2 saturated heterocycles. The van der Waals surface area contributed by atoms with Crippen molar-refractivity contribution < 1.29 is 18.7 Å². The molecule has 0 radical (unpaired) electrons. The molecule has 0 bridgehead atoms. The Balaban J connectivity index is 1.41. The Labute approximate surface area is 165 Å². The van der Waals surface area contributed by atoms with Gasteiger partial charge in [0.2, 0.25) is 11.8 Å². The SMILES string of the molecule is CN1CC2(CCN(C(=O)CC(c3ccccc3)c3ccco3)CC2)OCC1=O. The molecule has 4 rings (SSSR count). The fourth-order valence-corrected chi connectivity index (χ4v) is 4.22. The molecule has 0 saturated carbocycles. The van der Waals surface area contributed by atoms with Gasteiger partial charge < -0.3 is 19.0 Å². The molecule has 1 unspecified atom stereocenters. The lowest BCUT2D eigenvalue weighted by Gasteiger charge is -2.46. The lowest BCUT2D eigenvalue weighted by Crippen LogP contribution is -2.58. The highest BCUT2D eigenvalue weighted by molar-refractivity contribution is 5.79. The molecule has 1 atom stereocenters. The van der Waals surface area contributed by atoms with E-state index >= 15 is 0 Å². The summed E-state index contributed by atoms with van der Waals surface area (Å²) in [4.78, 5) is 28.4. The van der Waals surface area contributed by atoms with E-state index in [0.29, 0.717) is 26.1 Å². The highest BCUT2D eigenvalue weighted by Gasteiger charge is 2.42. The highest BCUT2D eigenvalue weighted by atomic mass is 16.5. The zero-order chi connectivity index (χ0) is 19.6. The van der Waals surface area contributed by atoms with Gasteiger partial charge in [0.1, 0.15) is 12.4 Å². The maximum atomic E-state index is 13.0. The Morgan fingerprint density at radius 1 is 1.14 bits per heavy atom. The quantitative estimate of drug-likeness (QED) is 0.816. The van der Waals surface area contributed by atoms with Crippen molar-refractivity contribution in [2.45, 2.75) is 30.8 Å². The van der Waals surface area contributed by atoms with Crippen molar-refractivity contribution in [3.8, 4) is 0 Å². The number of hydrogen-bond acceptors (Lipinski definition) is 4. The Kier molecular flexibility index (Phi) is 5.22. The second kappa shape index (κ2) is 7.80. The number of ether oxygens (including phenoxy) is 1. The summed E-state index contributed by atoms with van der Waals surface area (Å²) in [5.74, 6) is 0.867. The van der Waals surface area contributed by atoms with E-state index in [1.807, 2.05) is 54.4 Å². The summed E-state index contributed by atoms with van der Waals surface area (Å²) < 4.78 is 11.5. The molecule has 0 aliphatic carbocycles. The Morgan fingerprint density at radius 3 is 2.54 bits per heavy atom. The molecule has 0 N–H and O–H groups in total. The van der Waals surface area contributed by atoms with Gasteiger partial charge in [-0.05, 0) is 30.5 Å². The third-order valence-electron chi connectivity index (χ3n) is 5.95. The monoisotopic (exact) mass is 382 g/mol. The minimum Gasteiger partial charge on any atom is -0.469 e. The minimum atomic E-state index is -0.306. The van der Waals surface area contributed by atoms with Gasteiger partial charge in [-0.3, -0.25) is 9.59 Å². The van der Waals surface area contributed by atoms with Crippen LogP contribution in [0.4, 0.5) is 0 Å². The molecule has 3 heterocycles. The first-order chi connectivity index (χ1) is 13.6. The van der Waals surface area contributed by atoms with Crippen molar-refractivity contribution in [3.63, 3.8) is 0 Å². The Bertz CT molecular complexity index is 810. The minimum absolute atomic E-state index is 0.0216. The van der Waals surface area contributed by atoms with E-state index in [1.165, 1.54) is 0 Å². The third-order valence-corrected chi connectivity index (χ3v) is 5.95.